The van der Waals surface area contributed by atoms with Gasteiger partial charge in [0.05, 0.1) is 18.6 Å². The first-order valence-electron chi connectivity index (χ1n) is 12.6. The summed E-state index contributed by atoms with van der Waals surface area (Å²) in [4.78, 5) is 40.3. The molecule has 2 aromatic carbocycles. The van der Waals surface area contributed by atoms with Gasteiger partial charge < -0.3 is 36.4 Å². The van der Waals surface area contributed by atoms with Gasteiger partial charge in [0.15, 0.2) is 17.6 Å². The zero-order valence-corrected chi connectivity index (χ0v) is 20.8. The molecule has 4 atom stereocenters. The number of nitrogens with one attached hydrogen (secondary N) is 6. The normalized spacial score (nSPS) is 28.9. The molecule has 0 saturated carbocycles. The van der Waals surface area contributed by atoms with Crippen molar-refractivity contribution < 1.29 is 24.6 Å². The third-order valence-corrected chi connectivity index (χ3v) is 7.97. The average Bonchev–Trinajstić information content (AvgIpc) is 3.52. The highest BCUT2D eigenvalue weighted by Crippen LogP contribution is 2.43. The number of benzene rings is 2. The highest BCUT2D eigenvalue weighted by atomic mass is 16.5. The minimum atomic E-state index is -2.66. The molecule has 0 radical (unpaired) electrons. The van der Waals surface area contributed by atoms with Crippen molar-refractivity contribution in [1.82, 2.24) is 31.1 Å². The van der Waals surface area contributed by atoms with Crippen LogP contribution in [0.5, 0.6) is 0 Å². The Morgan fingerprint density at radius 1 is 1.00 bits per heavy atom. The molecule has 2 aromatic rings. The Morgan fingerprint density at radius 3 is 2.41 bits per heavy atom. The Bertz CT molecular complexity index is 1380. The summed E-state index contributed by atoms with van der Waals surface area (Å²) in [7, 11) is 0. The van der Waals surface area contributed by atoms with Crippen molar-refractivity contribution in [2.24, 2.45) is 0 Å². The molecule has 202 valence electrons. The Morgan fingerprint density at radius 2 is 1.69 bits per heavy atom. The zero-order chi connectivity index (χ0) is 27.5. The van der Waals surface area contributed by atoms with Crippen LogP contribution in [0.2, 0.25) is 0 Å². The maximum absolute atomic E-state index is 13.3. The van der Waals surface area contributed by atoms with Crippen LogP contribution >= 0.6 is 0 Å². The van der Waals surface area contributed by atoms with Crippen LogP contribution in [0.1, 0.15) is 23.2 Å². The Hall–Kier alpha value is -4.49. The summed E-state index contributed by atoms with van der Waals surface area (Å²) in [5.41, 5.74) is 0.228. The van der Waals surface area contributed by atoms with Crippen molar-refractivity contribution in [2.45, 2.75) is 42.4 Å². The first kappa shape index (κ1) is 24.8. The van der Waals surface area contributed by atoms with Gasteiger partial charge in [-0.05, 0) is 23.3 Å². The van der Waals surface area contributed by atoms with E-state index in [1.54, 1.807) is 18.2 Å². The van der Waals surface area contributed by atoms with Gasteiger partial charge in [0, 0.05) is 24.9 Å². The van der Waals surface area contributed by atoms with Crippen LogP contribution in [-0.2, 0) is 9.59 Å². The summed E-state index contributed by atoms with van der Waals surface area (Å²) >= 11 is 0. The fourth-order valence-corrected chi connectivity index (χ4v) is 6.07. The topological polar surface area (TPSA) is 194 Å². The standard InChI is InChI=1S/C26H28N8O5/c27-23-31-21-17(12-33-19(35)9-10-20(33)36)29-24(28)34-13-18(26(38,39)25(21,34)32-23)30-22(37)16-8-4-7-15(11-16)14-5-2-1-3-6-14/h1-8,11,17-18,21,38-39H,9-10,12-13H2,(H2,28,29)(H,30,37)(H3,27,31,32)/t17-,18?,21-,25?/m0/s1. The first-order chi connectivity index (χ1) is 18.6. The fraction of sp³-hybridized carbons (Fsp3) is 0.346. The summed E-state index contributed by atoms with van der Waals surface area (Å²) in [6.07, 6.45) is 0.186. The van der Waals surface area contributed by atoms with E-state index in [4.69, 9.17) is 10.8 Å². The van der Waals surface area contributed by atoms with E-state index in [-0.39, 0.29) is 49.7 Å². The smallest absolute Gasteiger partial charge is 0.251 e. The molecule has 4 heterocycles. The molecule has 2 unspecified atom stereocenters. The molecule has 13 nitrogen and oxygen atoms in total. The summed E-state index contributed by atoms with van der Waals surface area (Å²) in [6.45, 7) is -0.280. The summed E-state index contributed by atoms with van der Waals surface area (Å²) < 4.78 is 0. The third kappa shape index (κ3) is 3.72. The molecule has 8 N–H and O–H groups in total. The number of imide groups is 1. The van der Waals surface area contributed by atoms with E-state index < -0.39 is 35.5 Å². The molecule has 0 aliphatic carbocycles. The number of guanidine groups is 2. The van der Waals surface area contributed by atoms with E-state index >= 15 is 0 Å². The van der Waals surface area contributed by atoms with Crippen molar-refractivity contribution in [3.05, 3.63) is 60.2 Å². The number of likely N-dealkylation sites (tertiary alicyclic amines) is 1. The number of hydrogen-bond acceptors (Lipinski definition) is 7. The molecule has 3 amide bonds. The third-order valence-electron chi connectivity index (χ3n) is 7.97. The van der Waals surface area contributed by atoms with Gasteiger partial charge in [-0.3, -0.25) is 30.1 Å². The highest BCUT2D eigenvalue weighted by Gasteiger charge is 2.74. The molecule has 1 spiro atoms. The van der Waals surface area contributed by atoms with Crippen molar-refractivity contribution in [2.75, 3.05) is 13.1 Å². The van der Waals surface area contributed by atoms with Crippen LogP contribution in [0.15, 0.2) is 54.6 Å². The quantitative estimate of drug-likeness (QED) is 0.171. The average molecular weight is 533 g/mol. The van der Waals surface area contributed by atoms with Crippen LogP contribution in [0.4, 0.5) is 0 Å². The molecule has 0 aromatic heterocycles. The number of amides is 3. The number of nitrogens with zero attached hydrogens (tertiary/aromatic N) is 2. The second kappa shape index (κ2) is 8.78. The first-order valence-corrected chi connectivity index (χ1v) is 12.6. The monoisotopic (exact) mass is 532 g/mol. The van der Waals surface area contributed by atoms with Gasteiger partial charge >= 0.3 is 0 Å². The number of aliphatic hydroxyl groups is 2. The van der Waals surface area contributed by atoms with E-state index in [0.717, 1.165) is 16.0 Å². The number of carbonyl (C=O) groups is 3. The van der Waals surface area contributed by atoms with E-state index in [1.807, 2.05) is 36.4 Å². The van der Waals surface area contributed by atoms with Gasteiger partial charge in [-0.2, -0.15) is 0 Å². The predicted molar refractivity (Wildman–Crippen MR) is 138 cm³/mol. The van der Waals surface area contributed by atoms with Crippen molar-refractivity contribution in [3.63, 3.8) is 0 Å². The Balaban J connectivity index is 1.28. The van der Waals surface area contributed by atoms with E-state index in [1.165, 1.54) is 4.90 Å². The second-order valence-corrected chi connectivity index (χ2v) is 10.2. The fourth-order valence-electron chi connectivity index (χ4n) is 6.07. The van der Waals surface area contributed by atoms with E-state index in [0.29, 0.717) is 5.56 Å². The van der Waals surface area contributed by atoms with Gasteiger partial charge in [-0.1, -0.05) is 42.5 Å². The van der Waals surface area contributed by atoms with Gasteiger partial charge in [0.2, 0.25) is 17.6 Å². The zero-order valence-electron chi connectivity index (χ0n) is 20.8. The maximum Gasteiger partial charge on any atom is 0.251 e. The SMILES string of the molecule is N=C1N[C@H]2[C@H](CN3C(=O)CCC3=O)NC(=N)N3CC(NC(=O)c4cccc(-c5ccccc5)c4)C(O)(O)C23N1. The second-order valence-electron chi connectivity index (χ2n) is 10.2. The minimum Gasteiger partial charge on any atom is -0.361 e. The van der Waals surface area contributed by atoms with Crippen LogP contribution in [0, 0.1) is 10.8 Å². The van der Waals surface area contributed by atoms with Crippen LogP contribution in [0.25, 0.3) is 11.1 Å². The van der Waals surface area contributed by atoms with Crippen LogP contribution in [-0.4, -0.2) is 92.3 Å². The van der Waals surface area contributed by atoms with Crippen LogP contribution in [0.3, 0.4) is 0 Å². The summed E-state index contributed by atoms with van der Waals surface area (Å²) in [5.74, 6) is -4.32. The lowest BCUT2D eigenvalue weighted by Gasteiger charge is -2.51. The van der Waals surface area contributed by atoms with Crippen molar-refractivity contribution in [1.29, 1.82) is 10.8 Å². The predicted octanol–water partition coefficient (Wildman–Crippen LogP) is -1.30. The molecule has 4 aliphatic heterocycles. The lowest BCUT2D eigenvalue weighted by Crippen LogP contribution is -2.81. The molecular weight excluding hydrogens is 504 g/mol. The summed E-state index contributed by atoms with van der Waals surface area (Å²) in [5, 5.41) is 51.3. The minimum absolute atomic E-state index is 0.0932. The van der Waals surface area contributed by atoms with Gasteiger partial charge in [-0.15, -0.1) is 0 Å². The number of hydrogen-bond donors (Lipinski definition) is 8. The number of carbonyl (C=O) groups excluding carboxylic acids is 3. The van der Waals surface area contributed by atoms with E-state index in [2.05, 4.69) is 21.3 Å². The highest BCUT2D eigenvalue weighted by molar-refractivity contribution is 6.02. The summed E-state index contributed by atoms with van der Waals surface area (Å²) in [6, 6.07) is 13.4. The molecule has 6 rings (SSSR count). The molecule has 39 heavy (non-hydrogen) atoms. The molecule has 4 saturated heterocycles. The van der Waals surface area contributed by atoms with Crippen molar-refractivity contribution in [3.8, 4) is 11.1 Å². The lowest BCUT2D eigenvalue weighted by atomic mass is 9.84. The maximum atomic E-state index is 13.3. The van der Waals surface area contributed by atoms with Gasteiger partial charge in [0.1, 0.15) is 6.04 Å². The Labute approximate surface area is 223 Å². The van der Waals surface area contributed by atoms with Gasteiger partial charge in [-0.25, -0.2) is 0 Å². The molecular formula is C26H28N8O5. The van der Waals surface area contributed by atoms with Gasteiger partial charge in [0.25, 0.3) is 5.91 Å². The largest absolute Gasteiger partial charge is 0.361 e. The molecule has 0 bridgehead atoms. The van der Waals surface area contributed by atoms with Crippen molar-refractivity contribution >= 4 is 29.6 Å². The molecule has 4 aliphatic rings. The lowest BCUT2D eigenvalue weighted by molar-refractivity contribution is -0.232. The number of rotatable bonds is 5. The van der Waals surface area contributed by atoms with Crippen LogP contribution < -0.4 is 21.3 Å². The molecule has 13 heteroatoms. The molecule has 4 fully saturated rings. The Kier molecular flexibility index (Phi) is 5.59. The van der Waals surface area contributed by atoms with E-state index in [9.17, 15) is 24.6 Å².